The van der Waals surface area contributed by atoms with Gasteiger partial charge in [-0.2, -0.15) is 0 Å². The highest BCUT2D eigenvalue weighted by Crippen LogP contribution is 2.58. The van der Waals surface area contributed by atoms with Gasteiger partial charge in [-0.05, 0) is 68.6 Å². The Balaban J connectivity index is 0.00000225. The van der Waals surface area contributed by atoms with E-state index in [4.69, 9.17) is 9.47 Å². The van der Waals surface area contributed by atoms with E-state index in [2.05, 4.69) is 29.4 Å². The highest BCUT2D eigenvalue weighted by Gasteiger charge is 2.57. The van der Waals surface area contributed by atoms with E-state index in [9.17, 15) is 4.79 Å². The van der Waals surface area contributed by atoms with Crippen molar-refractivity contribution in [2.24, 2.45) is 11.3 Å². The summed E-state index contributed by atoms with van der Waals surface area (Å²) in [6, 6.07) is 5.90. The van der Waals surface area contributed by atoms with Crippen molar-refractivity contribution < 1.29 is 14.3 Å². The molecule has 0 bridgehead atoms. The molecule has 3 rings (SSSR count). The number of nitrogens with one attached hydrogen (secondary N) is 2. The second-order valence-electron chi connectivity index (χ2n) is 7.95. The van der Waals surface area contributed by atoms with E-state index in [0.29, 0.717) is 18.9 Å². The Morgan fingerprint density at radius 2 is 1.90 bits per heavy atom. The van der Waals surface area contributed by atoms with Crippen molar-refractivity contribution in [3.05, 3.63) is 23.8 Å². The van der Waals surface area contributed by atoms with Crippen molar-refractivity contribution in [2.45, 2.75) is 39.7 Å². The molecule has 2 aliphatic rings. The Hall–Kier alpha value is -1.21. The quantitative estimate of drug-likeness (QED) is 0.559. The smallest absolute Gasteiger partial charge is 0.223 e. The molecule has 8 heteroatoms. The standard InChI is InChI=1S/C22H35N3O3.2ClH/c1-4-25(5-2)12-13-28-19-7-6-17(14-20(19)27-3)16-24-21(26)18-15-22(18)8-10-23-11-9-22;;/h6-7,14,18,23H,4-5,8-13,15-16H2,1-3H3,(H,24,26);2*1H. The molecular weight excluding hydrogens is 425 g/mol. The van der Waals surface area contributed by atoms with Crippen LogP contribution in [0.4, 0.5) is 0 Å². The van der Waals surface area contributed by atoms with Gasteiger partial charge in [0.05, 0.1) is 7.11 Å². The molecule has 6 nitrogen and oxygen atoms in total. The summed E-state index contributed by atoms with van der Waals surface area (Å²) in [5.41, 5.74) is 1.30. The fourth-order valence-corrected chi connectivity index (χ4v) is 4.27. The van der Waals surface area contributed by atoms with Gasteiger partial charge in [0.2, 0.25) is 5.91 Å². The maximum atomic E-state index is 12.5. The fraction of sp³-hybridized carbons (Fsp3) is 0.682. The third-order valence-corrected chi connectivity index (χ3v) is 6.36. The Bertz CT molecular complexity index is 665. The number of rotatable bonds is 10. The van der Waals surface area contributed by atoms with Crippen LogP contribution in [0, 0.1) is 11.3 Å². The van der Waals surface area contributed by atoms with E-state index in [1.807, 2.05) is 18.2 Å². The Morgan fingerprint density at radius 1 is 1.20 bits per heavy atom. The van der Waals surface area contributed by atoms with Crippen LogP contribution in [0.1, 0.15) is 38.7 Å². The third-order valence-electron chi connectivity index (χ3n) is 6.36. The van der Waals surface area contributed by atoms with Crippen LogP contribution in [-0.2, 0) is 11.3 Å². The molecule has 1 amide bonds. The average Bonchev–Trinajstić information content (AvgIpc) is 3.43. The summed E-state index contributed by atoms with van der Waals surface area (Å²) in [6.45, 7) is 10.5. The van der Waals surface area contributed by atoms with Crippen LogP contribution >= 0.6 is 24.8 Å². The van der Waals surface area contributed by atoms with Gasteiger partial charge in [-0.3, -0.25) is 4.79 Å². The number of benzene rings is 1. The van der Waals surface area contributed by atoms with Gasteiger partial charge in [-0.15, -0.1) is 24.8 Å². The van der Waals surface area contributed by atoms with E-state index in [0.717, 1.165) is 63.3 Å². The number of piperidine rings is 1. The molecule has 0 radical (unpaired) electrons. The van der Waals surface area contributed by atoms with Gasteiger partial charge in [0.25, 0.3) is 0 Å². The first-order chi connectivity index (χ1) is 13.6. The van der Waals surface area contributed by atoms with Crippen LogP contribution in [0.15, 0.2) is 18.2 Å². The van der Waals surface area contributed by atoms with E-state index >= 15 is 0 Å². The fourth-order valence-electron chi connectivity index (χ4n) is 4.27. The number of likely N-dealkylation sites (N-methyl/N-ethyl adjacent to an activating group) is 1. The van der Waals surface area contributed by atoms with E-state index < -0.39 is 0 Å². The number of amides is 1. The molecule has 1 atom stereocenters. The molecule has 1 aromatic carbocycles. The number of ether oxygens (including phenoxy) is 2. The molecule has 1 saturated carbocycles. The van der Waals surface area contributed by atoms with Crippen molar-refractivity contribution in [1.82, 2.24) is 15.5 Å². The Kier molecular flexibility index (Phi) is 11.3. The molecule has 0 aromatic heterocycles. The summed E-state index contributed by atoms with van der Waals surface area (Å²) in [7, 11) is 1.65. The van der Waals surface area contributed by atoms with Gasteiger partial charge in [-0.1, -0.05) is 19.9 Å². The summed E-state index contributed by atoms with van der Waals surface area (Å²) in [5.74, 6) is 1.85. The van der Waals surface area contributed by atoms with Gasteiger partial charge < -0.3 is 25.0 Å². The first kappa shape index (κ1) is 26.8. The van der Waals surface area contributed by atoms with Crippen molar-refractivity contribution in [3.8, 4) is 11.5 Å². The van der Waals surface area contributed by atoms with Gasteiger partial charge >= 0.3 is 0 Å². The maximum absolute atomic E-state index is 12.5. The topological polar surface area (TPSA) is 62.8 Å². The SMILES string of the molecule is CCN(CC)CCOc1ccc(CNC(=O)C2CC23CCNCC3)cc1OC.Cl.Cl. The first-order valence-corrected chi connectivity index (χ1v) is 10.6. The molecule has 172 valence electrons. The molecule has 1 aliphatic heterocycles. The number of carbonyl (C=O) groups excluding carboxylic acids is 1. The lowest BCUT2D eigenvalue weighted by Gasteiger charge is -2.23. The van der Waals surface area contributed by atoms with E-state index in [1.165, 1.54) is 0 Å². The number of nitrogens with zero attached hydrogens (tertiary/aromatic N) is 1. The summed E-state index contributed by atoms with van der Waals surface area (Å²) in [6.07, 6.45) is 3.29. The lowest BCUT2D eigenvalue weighted by Crippen LogP contribution is -2.33. The van der Waals surface area contributed by atoms with Crippen LogP contribution in [0.3, 0.4) is 0 Å². The lowest BCUT2D eigenvalue weighted by molar-refractivity contribution is -0.123. The number of halogens is 2. The normalized spacial score (nSPS) is 18.9. The highest BCUT2D eigenvalue weighted by atomic mass is 35.5. The average molecular weight is 462 g/mol. The number of methoxy groups -OCH3 is 1. The first-order valence-electron chi connectivity index (χ1n) is 10.6. The molecular formula is C22H37Cl2N3O3. The molecule has 1 unspecified atom stereocenters. The van der Waals surface area contributed by atoms with Gasteiger partial charge in [0, 0.05) is 19.0 Å². The van der Waals surface area contributed by atoms with Crippen LogP contribution in [0.25, 0.3) is 0 Å². The summed E-state index contributed by atoms with van der Waals surface area (Å²) in [5, 5.41) is 6.50. The van der Waals surface area contributed by atoms with Crippen molar-refractivity contribution in [3.63, 3.8) is 0 Å². The lowest BCUT2D eigenvalue weighted by atomic mass is 9.92. The zero-order chi connectivity index (χ0) is 20.0. The van der Waals surface area contributed by atoms with Crippen molar-refractivity contribution in [1.29, 1.82) is 0 Å². The van der Waals surface area contributed by atoms with Crippen molar-refractivity contribution in [2.75, 3.05) is 46.4 Å². The molecule has 2 fully saturated rings. The van der Waals surface area contributed by atoms with Gasteiger partial charge in [0.1, 0.15) is 6.61 Å². The predicted octanol–water partition coefficient (Wildman–Crippen LogP) is 3.27. The maximum Gasteiger partial charge on any atom is 0.223 e. The number of hydrogen-bond donors (Lipinski definition) is 2. The van der Waals surface area contributed by atoms with E-state index in [-0.39, 0.29) is 42.1 Å². The van der Waals surface area contributed by atoms with Gasteiger partial charge in [0.15, 0.2) is 11.5 Å². The zero-order valence-electron chi connectivity index (χ0n) is 18.4. The Morgan fingerprint density at radius 3 is 2.53 bits per heavy atom. The minimum absolute atomic E-state index is 0. The minimum Gasteiger partial charge on any atom is -0.493 e. The third kappa shape index (κ3) is 6.64. The van der Waals surface area contributed by atoms with Crippen LogP contribution in [-0.4, -0.2) is 57.2 Å². The monoisotopic (exact) mass is 461 g/mol. The van der Waals surface area contributed by atoms with Gasteiger partial charge in [-0.25, -0.2) is 0 Å². The molecule has 1 aromatic rings. The second kappa shape index (κ2) is 12.6. The van der Waals surface area contributed by atoms with E-state index in [1.54, 1.807) is 7.11 Å². The molecule has 30 heavy (non-hydrogen) atoms. The summed E-state index contributed by atoms with van der Waals surface area (Å²) < 4.78 is 11.4. The number of hydrogen-bond acceptors (Lipinski definition) is 5. The van der Waals surface area contributed by atoms with Crippen LogP contribution < -0.4 is 20.1 Å². The molecule has 1 spiro atoms. The zero-order valence-corrected chi connectivity index (χ0v) is 20.0. The Labute approximate surface area is 193 Å². The van der Waals surface area contributed by atoms with Crippen LogP contribution in [0.5, 0.6) is 11.5 Å². The summed E-state index contributed by atoms with van der Waals surface area (Å²) in [4.78, 5) is 14.9. The minimum atomic E-state index is 0. The largest absolute Gasteiger partial charge is 0.493 e. The molecule has 1 aliphatic carbocycles. The summed E-state index contributed by atoms with van der Waals surface area (Å²) >= 11 is 0. The molecule has 1 saturated heterocycles. The van der Waals surface area contributed by atoms with Crippen LogP contribution in [0.2, 0.25) is 0 Å². The highest BCUT2D eigenvalue weighted by molar-refractivity contribution is 5.85. The van der Waals surface area contributed by atoms with Crippen molar-refractivity contribution >= 4 is 30.7 Å². The second-order valence-corrected chi connectivity index (χ2v) is 7.95. The number of carbonyl (C=O) groups is 1. The molecule has 2 N–H and O–H groups in total. The predicted molar refractivity (Wildman–Crippen MR) is 125 cm³/mol. The molecule has 1 heterocycles.